The highest BCUT2D eigenvalue weighted by Crippen LogP contribution is 2.33. The first kappa shape index (κ1) is 19.3. The highest BCUT2D eigenvalue weighted by molar-refractivity contribution is 5.80. The summed E-state index contributed by atoms with van der Waals surface area (Å²) in [5.41, 5.74) is 2.63. The van der Waals surface area contributed by atoms with Crippen LogP contribution in [0.5, 0.6) is 11.5 Å². The van der Waals surface area contributed by atoms with E-state index in [0.717, 1.165) is 56.6 Å². The maximum atomic E-state index is 5.50. The van der Waals surface area contributed by atoms with E-state index in [4.69, 9.17) is 14.5 Å². The lowest BCUT2D eigenvalue weighted by molar-refractivity contribution is 0.0173. The largest absolute Gasteiger partial charge is 0.493 e. The number of hydrogen-bond donors (Lipinski definition) is 1. The van der Waals surface area contributed by atoms with Gasteiger partial charge in [0.15, 0.2) is 17.5 Å². The molecule has 7 nitrogen and oxygen atoms in total. The second-order valence-electron chi connectivity index (χ2n) is 7.83. The van der Waals surface area contributed by atoms with E-state index in [1.54, 1.807) is 14.2 Å². The Bertz CT molecular complexity index is 715. The van der Waals surface area contributed by atoms with Gasteiger partial charge in [-0.05, 0) is 36.6 Å². The van der Waals surface area contributed by atoms with Crippen molar-refractivity contribution in [3.05, 3.63) is 23.3 Å². The van der Waals surface area contributed by atoms with Gasteiger partial charge in [-0.2, -0.15) is 0 Å². The molecular weight excluding hydrogens is 354 g/mol. The van der Waals surface area contributed by atoms with Crippen molar-refractivity contribution < 1.29 is 9.47 Å². The van der Waals surface area contributed by atoms with Crippen LogP contribution in [-0.4, -0.2) is 93.3 Å². The van der Waals surface area contributed by atoms with Crippen molar-refractivity contribution >= 4 is 5.96 Å². The number of hydrogen-bond acceptors (Lipinski definition) is 5. The summed E-state index contributed by atoms with van der Waals surface area (Å²) in [4.78, 5) is 12.6. The molecule has 0 spiro atoms. The smallest absolute Gasteiger partial charge is 0.194 e. The second kappa shape index (κ2) is 8.57. The molecule has 154 valence electrons. The van der Waals surface area contributed by atoms with Gasteiger partial charge >= 0.3 is 0 Å². The van der Waals surface area contributed by atoms with Crippen LogP contribution in [0.3, 0.4) is 0 Å². The van der Waals surface area contributed by atoms with Gasteiger partial charge in [0.05, 0.1) is 20.8 Å². The predicted molar refractivity (Wildman–Crippen MR) is 111 cm³/mol. The van der Waals surface area contributed by atoms with Crippen LogP contribution >= 0.6 is 0 Å². The van der Waals surface area contributed by atoms with Crippen molar-refractivity contribution in [2.45, 2.75) is 25.9 Å². The Kier molecular flexibility index (Phi) is 5.92. The Morgan fingerprint density at radius 3 is 2.39 bits per heavy atom. The Labute approximate surface area is 168 Å². The SMILES string of the molecule is CCNC(=NCC1CN2CCN1CC2)N1CCc2cc(OC)c(OC)cc2C1. The van der Waals surface area contributed by atoms with E-state index in [1.807, 2.05) is 0 Å². The molecule has 1 atom stereocenters. The summed E-state index contributed by atoms with van der Waals surface area (Å²) in [6, 6.07) is 4.79. The number of benzene rings is 1. The van der Waals surface area contributed by atoms with Gasteiger partial charge in [0.1, 0.15) is 0 Å². The van der Waals surface area contributed by atoms with Crippen LogP contribution in [0.4, 0.5) is 0 Å². The second-order valence-corrected chi connectivity index (χ2v) is 7.83. The van der Waals surface area contributed by atoms with Gasteiger partial charge < -0.3 is 19.7 Å². The Hall–Kier alpha value is -1.99. The zero-order valence-corrected chi connectivity index (χ0v) is 17.4. The van der Waals surface area contributed by atoms with Gasteiger partial charge in [0.2, 0.25) is 0 Å². The maximum Gasteiger partial charge on any atom is 0.194 e. The number of guanidine groups is 1. The number of methoxy groups -OCH3 is 2. The van der Waals surface area contributed by atoms with E-state index < -0.39 is 0 Å². The van der Waals surface area contributed by atoms with Gasteiger partial charge in [0.25, 0.3) is 0 Å². The summed E-state index contributed by atoms with van der Waals surface area (Å²) in [6.07, 6.45) is 0.990. The van der Waals surface area contributed by atoms with Gasteiger partial charge in [0, 0.05) is 58.4 Å². The lowest BCUT2D eigenvalue weighted by Gasteiger charge is -2.47. The van der Waals surface area contributed by atoms with E-state index in [9.17, 15) is 0 Å². The average Bonchev–Trinajstić information content (AvgIpc) is 2.76. The number of fused-ring (bicyclic) bond motifs is 4. The molecule has 0 amide bonds. The first-order chi connectivity index (χ1) is 13.7. The number of ether oxygens (including phenoxy) is 2. The fourth-order valence-corrected chi connectivity index (χ4v) is 4.58. The van der Waals surface area contributed by atoms with Crippen LogP contribution in [0.25, 0.3) is 0 Å². The Morgan fingerprint density at radius 2 is 1.79 bits per heavy atom. The van der Waals surface area contributed by atoms with E-state index in [0.29, 0.717) is 6.04 Å². The summed E-state index contributed by atoms with van der Waals surface area (Å²) in [5.74, 6) is 2.64. The molecule has 4 aliphatic rings. The monoisotopic (exact) mass is 387 g/mol. The first-order valence-corrected chi connectivity index (χ1v) is 10.4. The molecule has 0 aliphatic carbocycles. The van der Waals surface area contributed by atoms with Crippen molar-refractivity contribution in [3.8, 4) is 11.5 Å². The standard InChI is InChI=1S/C21H33N5O2/c1-4-22-21(23-13-18-15-24-7-9-25(18)10-8-24)26-6-5-16-11-19(27-2)20(28-3)12-17(16)14-26/h11-12,18H,4-10,13-15H2,1-3H3,(H,22,23). The first-order valence-electron chi connectivity index (χ1n) is 10.4. The number of piperazine rings is 3. The summed E-state index contributed by atoms with van der Waals surface area (Å²) in [7, 11) is 3.39. The summed E-state index contributed by atoms with van der Waals surface area (Å²) in [5, 5.41) is 3.51. The zero-order valence-electron chi connectivity index (χ0n) is 17.4. The van der Waals surface area contributed by atoms with E-state index in [1.165, 1.54) is 37.3 Å². The molecule has 2 bridgehead atoms. The lowest BCUT2D eigenvalue weighted by atomic mass is 9.99. The molecule has 1 N–H and O–H groups in total. The van der Waals surface area contributed by atoms with Crippen molar-refractivity contribution in [1.82, 2.24) is 20.0 Å². The third-order valence-corrected chi connectivity index (χ3v) is 6.20. The molecular formula is C21H33N5O2. The number of nitrogens with zero attached hydrogens (tertiary/aromatic N) is 4. The molecule has 7 heteroatoms. The minimum Gasteiger partial charge on any atom is -0.493 e. The van der Waals surface area contributed by atoms with Gasteiger partial charge in [-0.3, -0.25) is 14.8 Å². The molecule has 1 aromatic carbocycles. The minimum atomic E-state index is 0.553. The highest BCUT2D eigenvalue weighted by Gasteiger charge is 2.31. The van der Waals surface area contributed by atoms with Crippen molar-refractivity contribution in [2.24, 2.45) is 4.99 Å². The Balaban J connectivity index is 1.48. The zero-order chi connectivity index (χ0) is 19.5. The van der Waals surface area contributed by atoms with Crippen LogP contribution < -0.4 is 14.8 Å². The van der Waals surface area contributed by atoms with Crippen molar-refractivity contribution in [1.29, 1.82) is 0 Å². The summed E-state index contributed by atoms with van der Waals surface area (Å²) in [6.45, 7) is 11.7. The minimum absolute atomic E-state index is 0.553. The van der Waals surface area contributed by atoms with E-state index in [-0.39, 0.29) is 0 Å². The van der Waals surface area contributed by atoms with Crippen LogP contribution in [0.1, 0.15) is 18.1 Å². The fourth-order valence-electron chi connectivity index (χ4n) is 4.58. The maximum absolute atomic E-state index is 5.50. The molecule has 3 fully saturated rings. The number of nitrogens with one attached hydrogen (secondary N) is 1. The average molecular weight is 388 g/mol. The van der Waals surface area contributed by atoms with Crippen molar-refractivity contribution in [2.75, 3.05) is 66.6 Å². The highest BCUT2D eigenvalue weighted by atomic mass is 16.5. The third-order valence-electron chi connectivity index (χ3n) is 6.20. The van der Waals surface area contributed by atoms with Gasteiger partial charge in [-0.25, -0.2) is 0 Å². The molecule has 0 radical (unpaired) electrons. The van der Waals surface area contributed by atoms with Crippen LogP contribution in [0, 0.1) is 0 Å². The molecule has 5 rings (SSSR count). The van der Waals surface area contributed by atoms with E-state index >= 15 is 0 Å². The summed E-state index contributed by atoms with van der Waals surface area (Å²) >= 11 is 0. The van der Waals surface area contributed by atoms with Crippen LogP contribution in [0.2, 0.25) is 0 Å². The molecule has 1 aromatic rings. The number of rotatable bonds is 5. The molecule has 1 unspecified atom stereocenters. The molecule has 4 aliphatic heterocycles. The molecule has 28 heavy (non-hydrogen) atoms. The quantitative estimate of drug-likeness (QED) is 0.602. The normalized spacial score (nSPS) is 26.8. The van der Waals surface area contributed by atoms with E-state index in [2.05, 4.69) is 39.1 Å². The molecule has 4 heterocycles. The topological polar surface area (TPSA) is 52.6 Å². The van der Waals surface area contributed by atoms with Gasteiger partial charge in [-0.1, -0.05) is 0 Å². The molecule has 0 aromatic heterocycles. The van der Waals surface area contributed by atoms with Crippen molar-refractivity contribution in [3.63, 3.8) is 0 Å². The third kappa shape index (κ3) is 3.91. The van der Waals surface area contributed by atoms with Gasteiger partial charge in [-0.15, -0.1) is 0 Å². The number of aliphatic imine (C=N–C) groups is 1. The summed E-state index contributed by atoms with van der Waals surface area (Å²) < 4.78 is 11.0. The predicted octanol–water partition coefficient (Wildman–Crippen LogP) is 1.03. The lowest BCUT2D eigenvalue weighted by Crippen LogP contribution is -2.62. The Morgan fingerprint density at radius 1 is 1.07 bits per heavy atom. The fraction of sp³-hybridized carbons (Fsp3) is 0.667. The van der Waals surface area contributed by atoms with Crippen LogP contribution in [0.15, 0.2) is 17.1 Å². The molecule has 0 saturated carbocycles. The molecule has 3 saturated heterocycles. The van der Waals surface area contributed by atoms with Crippen LogP contribution in [-0.2, 0) is 13.0 Å².